The highest BCUT2D eigenvalue weighted by molar-refractivity contribution is 6.09. The van der Waals surface area contributed by atoms with Crippen LogP contribution in [0.4, 0.5) is 27.6 Å². The van der Waals surface area contributed by atoms with E-state index in [1.807, 2.05) is 0 Å². The van der Waals surface area contributed by atoms with Crippen molar-refractivity contribution in [3.8, 4) is 0 Å². The molecule has 0 aliphatic heterocycles. The summed E-state index contributed by atoms with van der Waals surface area (Å²) in [4.78, 5) is 15.1. The quantitative estimate of drug-likeness (QED) is 0.589. The van der Waals surface area contributed by atoms with Crippen molar-refractivity contribution in [1.29, 1.82) is 0 Å². The Kier molecular flexibility index (Phi) is 4.88. The number of aliphatic hydroxyl groups excluding tert-OH is 1. The number of aromatic nitrogens is 1. The highest BCUT2D eigenvalue weighted by Crippen LogP contribution is 2.33. The third-order valence-corrected chi connectivity index (χ3v) is 4.02. The Hall–Kier alpha value is -2.94. The molecule has 0 aliphatic carbocycles. The summed E-state index contributed by atoms with van der Waals surface area (Å²) >= 11 is 0. The van der Waals surface area contributed by atoms with Gasteiger partial charge < -0.3 is 15.4 Å². The third kappa shape index (κ3) is 3.77. The van der Waals surface area contributed by atoms with Gasteiger partial charge in [0.05, 0.1) is 16.8 Å². The largest absolute Gasteiger partial charge is 0.416 e. The molecule has 0 unspecified atom stereocenters. The smallest absolute Gasteiger partial charge is 0.396 e. The van der Waals surface area contributed by atoms with Crippen molar-refractivity contribution in [3.05, 3.63) is 64.9 Å². The standard InChI is InChI=1S/C18H13F5N2O2/c19-13-6-11-15(7-14(13)20)24-8-16(11)25-17(27)10-1-2-12(18(21,22)23)9(5-10)3-4-26/h1-2,5-8,24,26H,3-4H2,(H,25,27). The third-order valence-electron chi connectivity index (χ3n) is 4.02. The first-order valence-corrected chi connectivity index (χ1v) is 7.79. The van der Waals surface area contributed by atoms with E-state index in [4.69, 9.17) is 5.11 Å². The zero-order chi connectivity index (χ0) is 19.8. The average molecular weight is 384 g/mol. The lowest BCUT2D eigenvalue weighted by Crippen LogP contribution is -2.15. The second-order valence-electron chi connectivity index (χ2n) is 5.81. The van der Waals surface area contributed by atoms with E-state index in [2.05, 4.69) is 10.3 Å². The Labute approximate surface area is 149 Å². The first-order valence-electron chi connectivity index (χ1n) is 7.79. The van der Waals surface area contributed by atoms with Crippen LogP contribution >= 0.6 is 0 Å². The average Bonchev–Trinajstić information content (AvgIpc) is 2.96. The summed E-state index contributed by atoms with van der Waals surface area (Å²) in [6.07, 6.45) is -3.56. The molecule has 3 rings (SSSR count). The van der Waals surface area contributed by atoms with Gasteiger partial charge in [0.15, 0.2) is 11.6 Å². The molecule has 3 aromatic rings. The van der Waals surface area contributed by atoms with Crippen LogP contribution in [0.25, 0.3) is 10.9 Å². The van der Waals surface area contributed by atoms with Gasteiger partial charge in [0.2, 0.25) is 0 Å². The van der Waals surface area contributed by atoms with E-state index in [1.165, 1.54) is 6.20 Å². The number of rotatable bonds is 4. The lowest BCUT2D eigenvalue weighted by Gasteiger charge is -2.14. The minimum atomic E-state index is -4.61. The molecular weight excluding hydrogens is 371 g/mol. The van der Waals surface area contributed by atoms with E-state index in [0.29, 0.717) is 0 Å². The van der Waals surface area contributed by atoms with Gasteiger partial charge in [-0.05, 0) is 36.2 Å². The zero-order valence-electron chi connectivity index (χ0n) is 13.6. The van der Waals surface area contributed by atoms with Crippen LogP contribution in [0.2, 0.25) is 0 Å². The van der Waals surface area contributed by atoms with Crippen LogP contribution < -0.4 is 5.32 Å². The van der Waals surface area contributed by atoms with Crippen LogP contribution in [0.15, 0.2) is 36.5 Å². The summed E-state index contributed by atoms with van der Waals surface area (Å²) in [5.74, 6) is -2.88. The van der Waals surface area contributed by atoms with E-state index in [-0.39, 0.29) is 34.1 Å². The molecule has 1 aromatic heterocycles. The molecule has 0 saturated carbocycles. The number of nitrogens with one attached hydrogen (secondary N) is 2. The second kappa shape index (κ2) is 6.99. The number of anilines is 1. The van der Waals surface area contributed by atoms with Crippen LogP contribution in [0.5, 0.6) is 0 Å². The molecule has 0 aliphatic rings. The molecule has 1 heterocycles. The lowest BCUT2D eigenvalue weighted by molar-refractivity contribution is -0.138. The van der Waals surface area contributed by atoms with Gasteiger partial charge in [-0.1, -0.05) is 0 Å². The minimum absolute atomic E-state index is 0.0663. The van der Waals surface area contributed by atoms with Crippen molar-refractivity contribution in [3.63, 3.8) is 0 Å². The van der Waals surface area contributed by atoms with Crippen molar-refractivity contribution in [1.82, 2.24) is 4.98 Å². The van der Waals surface area contributed by atoms with Gasteiger partial charge >= 0.3 is 6.18 Å². The van der Waals surface area contributed by atoms with Gasteiger partial charge in [0.1, 0.15) is 0 Å². The summed E-state index contributed by atoms with van der Waals surface area (Å²) in [6, 6.07) is 4.65. The van der Waals surface area contributed by atoms with Gasteiger partial charge in [0, 0.05) is 29.8 Å². The van der Waals surface area contributed by atoms with E-state index in [1.54, 1.807) is 0 Å². The fraction of sp³-hybridized carbons (Fsp3) is 0.167. The second-order valence-corrected chi connectivity index (χ2v) is 5.81. The molecule has 0 fully saturated rings. The molecule has 0 atom stereocenters. The molecule has 0 bridgehead atoms. The number of H-pyrrole nitrogens is 1. The van der Waals surface area contributed by atoms with E-state index >= 15 is 0 Å². The van der Waals surface area contributed by atoms with Crippen molar-refractivity contribution < 1.29 is 31.9 Å². The van der Waals surface area contributed by atoms with Crippen molar-refractivity contribution in [2.75, 3.05) is 11.9 Å². The van der Waals surface area contributed by atoms with Gasteiger partial charge in [-0.3, -0.25) is 4.79 Å². The minimum Gasteiger partial charge on any atom is -0.396 e. The molecule has 0 saturated heterocycles. The summed E-state index contributed by atoms with van der Waals surface area (Å²) < 4.78 is 65.7. The molecule has 142 valence electrons. The fourth-order valence-corrected chi connectivity index (χ4v) is 2.75. The van der Waals surface area contributed by atoms with Gasteiger partial charge in [0.25, 0.3) is 5.91 Å². The van der Waals surface area contributed by atoms with E-state index in [0.717, 1.165) is 30.3 Å². The number of carbonyl (C=O) groups is 1. The molecule has 1 amide bonds. The van der Waals surface area contributed by atoms with Gasteiger partial charge in [-0.25, -0.2) is 8.78 Å². The Morgan fingerprint density at radius 3 is 2.48 bits per heavy atom. The fourth-order valence-electron chi connectivity index (χ4n) is 2.75. The lowest BCUT2D eigenvalue weighted by atomic mass is 10.0. The number of carbonyl (C=O) groups excluding carboxylic acids is 1. The van der Waals surface area contributed by atoms with Crippen molar-refractivity contribution in [2.24, 2.45) is 0 Å². The van der Waals surface area contributed by atoms with E-state index < -0.39 is 35.9 Å². The van der Waals surface area contributed by atoms with Crippen LogP contribution in [-0.4, -0.2) is 22.6 Å². The maximum Gasteiger partial charge on any atom is 0.416 e. The first kappa shape index (κ1) is 18.8. The molecular formula is C18H13F5N2O2. The van der Waals surface area contributed by atoms with Crippen LogP contribution in [-0.2, 0) is 12.6 Å². The number of hydrogen-bond acceptors (Lipinski definition) is 2. The molecule has 9 heteroatoms. The maximum atomic E-state index is 13.4. The number of benzene rings is 2. The predicted octanol–water partition coefficient (Wildman–Crippen LogP) is 4.25. The molecule has 4 nitrogen and oxygen atoms in total. The van der Waals surface area contributed by atoms with Gasteiger partial charge in [-0.2, -0.15) is 13.2 Å². The number of hydrogen-bond donors (Lipinski definition) is 3. The number of aromatic amines is 1. The molecule has 2 aromatic carbocycles. The summed E-state index contributed by atoms with van der Waals surface area (Å²) in [5, 5.41) is 11.6. The van der Waals surface area contributed by atoms with Gasteiger partial charge in [-0.15, -0.1) is 0 Å². The number of alkyl halides is 3. The normalized spacial score (nSPS) is 11.8. The summed E-state index contributed by atoms with van der Waals surface area (Å²) in [7, 11) is 0. The Balaban J connectivity index is 1.93. The zero-order valence-corrected chi connectivity index (χ0v) is 13.6. The van der Waals surface area contributed by atoms with Crippen molar-refractivity contribution >= 4 is 22.5 Å². The molecule has 0 spiro atoms. The van der Waals surface area contributed by atoms with Crippen LogP contribution in [0.1, 0.15) is 21.5 Å². The molecule has 3 N–H and O–H groups in total. The van der Waals surface area contributed by atoms with Crippen LogP contribution in [0.3, 0.4) is 0 Å². The Bertz CT molecular complexity index is 1010. The SMILES string of the molecule is O=C(Nc1c[nH]c2cc(F)c(F)cc12)c1ccc(C(F)(F)F)c(CCO)c1. The number of fused-ring (bicyclic) bond motifs is 1. The summed E-state index contributed by atoms with van der Waals surface area (Å²) in [6.45, 7) is -0.512. The summed E-state index contributed by atoms with van der Waals surface area (Å²) in [5.41, 5.74) is -0.819. The Morgan fingerprint density at radius 2 is 1.81 bits per heavy atom. The number of amides is 1. The highest BCUT2D eigenvalue weighted by atomic mass is 19.4. The number of aliphatic hydroxyl groups is 1. The Morgan fingerprint density at radius 1 is 1.11 bits per heavy atom. The predicted molar refractivity (Wildman–Crippen MR) is 88.4 cm³/mol. The van der Waals surface area contributed by atoms with Crippen molar-refractivity contribution in [2.45, 2.75) is 12.6 Å². The molecule has 27 heavy (non-hydrogen) atoms. The first-order chi connectivity index (χ1) is 12.7. The highest BCUT2D eigenvalue weighted by Gasteiger charge is 2.33. The monoisotopic (exact) mass is 384 g/mol. The van der Waals surface area contributed by atoms with E-state index in [9.17, 15) is 26.7 Å². The maximum absolute atomic E-state index is 13.4. The topological polar surface area (TPSA) is 65.1 Å². The van der Waals surface area contributed by atoms with Crippen LogP contribution in [0, 0.1) is 11.6 Å². The molecule has 0 radical (unpaired) electrons. The number of halogens is 5.